The number of nitrogens with one attached hydrogen (secondary N) is 1. The van der Waals surface area contributed by atoms with E-state index in [-0.39, 0.29) is 11.6 Å². The van der Waals surface area contributed by atoms with Crippen LogP contribution in [0.15, 0.2) is 18.2 Å². The molecule has 1 aliphatic heterocycles. The number of piperidine rings is 1. The Morgan fingerprint density at radius 1 is 1.40 bits per heavy atom. The second-order valence-electron chi connectivity index (χ2n) is 4.91. The average Bonchev–Trinajstić information content (AvgIpc) is 2.45. The second kappa shape index (κ2) is 5.71. The maximum Gasteiger partial charge on any atom is 0.417 e. The highest BCUT2D eigenvalue weighted by molar-refractivity contribution is 5.55. The van der Waals surface area contributed by atoms with Crippen molar-refractivity contribution in [2.45, 2.75) is 25.1 Å². The van der Waals surface area contributed by atoms with E-state index in [2.05, 4.69) is 5.32 Å². The first-order chi connectivity index (χ1) is 9.45. The molecule has 0 amide bonds. The van der Waals surface area contributed by atoms with Gasteiger partial charge in [-0.05, 0) is 38.1 Å². The lowest BCUT2D eigenvalue weighted by Gasteiger charge is -2.34. The number of hydrogen-bond acceptors (Lipinski definition) is 3. The minimum atomic E-state index is -4.50. The van der Waals surface area contributed by atoms with Gasteiger partial charge in [-0.2, -0.15) is 18.4 Å². The summed E-state index contributed by atoms with van der Waals surface area (Å²) in [7, 11) is 1.86. The summed E-state index contributed by atoms with van der Waals surface area (Å²) in [6.07, 6.45) is -2.54. The second-order valence-corrected chi connectivity index (χ2v) is 4.91. The molecule has 1 unspecified atom stereocenters. The van der Waals surface area contributed by atoms with Crippen LogP contribution in [0.25, 0.3) is 0 Å². The van der Waals surface area contributed by atoms with E-state index in [1.54, 1.807) is 12.1 Å². The van der Waals surface area contributed by atoms with E-state index in [9.17, 15) is 13.2 Å². The normalized spacial score (nSPS) is 19.8. The fourth-order valence-electron chi connectivity index (χ4n) is 2.51. The monoisotopic (exact) mass is 283 g/mol. The molecule has 6 heteroatoms. The van der Waals surface area contributed by atoms with Crippen molar-refractivity contribution in [3.05, 3.63) is 29.3 Å². The van der Waals surface area contributed by atoms with Gasteiger partial charge < -0.3 is 10.2 Å². The van der Waals surface area contributed by atoms with Crippen LogP contribution >= 0.6 is 0 Å². The third-order valence-corrected chi connectivity index (χ3v) is 3.62. The molecule has 0 aliphatic carbocycles. The van der Waals surface area contributed by atoms with Gasteiger partial charge in [-0.3, -0.25) is 0 Å². The van der Waals surface area contributed by atoms with Crippen LogP contribution in [0.4, 0.5) is 18.9 Å². The Morgan fingerprint density at radius 2 is 2.15 bits per heavy atom. The molecule has 1 aliphatic rings. The van der Waals surface area contributed by atoms with E-state index in [0.29, 0.717) is 12.2 Å². The lowest BCUT2D eigenvalue weighted by atomic mass is 10.0. The van der Waals surface area contributed by atoms with Gasteiger partial charge in [0.2, 0.25) is 0 Å². The standard InChI is InChI=1S/C14H16F3N3/c1-19-11-3-2-6-20(9-11)12-5-4-10(8-18)13(7-12)14(15,16)17/h4-5,7,11,19H,2-3,6,9H2,1H3. The summed E-state index contributed by atoms with van der Waals surface area (Å²) >= 11 is 0. The van der Waals surface area contributed by atoms with Crippen molar-refractivity contribution >= 4 is 5.69 Å². The topological polar surface area (TPSA) is 39.1 Å². The van der Waals surface area contributed by atoms with E-state index < -0.39 is 11.7 Å². The first-order valence-electron chi connectivity index (χ1n) is 6.49. The quantitative estimate of drug-likeness (QED) is 0.907. The van der Waals surface area contributed by atoms with Gasteiger partial charge in [-0.1, -0.05) is 0 Å². The van der Waals surface area contributed by atoms with E-state index in [4.69, 9.17) is 5.26 Å². The highest BCUT2D eigenvalue weighted by Gasteiger charge is 2.34. The van der Waals surface area contributed by atoms with E-state index in [1.807, 2.05) is 11.9 Å². The third kappa shape index (κ3) is 3.05. The Hall–Kier alpha value is -1.74. The molecule has 2 rings (SSSR count). The third-order valence-electron chi connectivity index (χ3n) is 3.62. The van der Waals surface area contributed by atoms with Crippen LogP contribution < -0.4 is 10.2 Å². The van der Waals surface area contributed by atoms with Crippen molar-refractivity contribution in [1.82, 2.24) is 5.32 Å². The van der Waals surface area contributed by atoms with Gasteiger partial charge in [0.15, 0.2) is 0 Å². The van der Waals surface area contributed by atoms with Gasteiger partial charge in [-0.15, -0.1) is 0 Å². The summed E-state index contributed by atoms with van der Waals surface area (Å²) in [4.78, 5) is 1.93. The largest absolute Gasteiger partial charge is 0.417 e. The van der Waals surface area contributed by atoms with Crippen LogP contribution in [0.1, 0.15) is 24.0 Å². The molecule has 108 valence electrons. The smallest absolute Gasteiger partial charge is 0.370 e. The highest BCUT2D eigenvalue weighted by atomic mass is 19.4. The first kappa shape index (κ1) is 14.7. The molecular weight excluding hydrogens is 267 g/mol. The van der Waals surface area contributed by atoms with Crippen molar-refractivity contribution in [3.63, 3.8) is 0 Å². The summed E-state index contributed by atoms with van der Waals surface area (Å²) in [5.41, 5.74) is -0.663. The van der Waals surface area contributed by atoms with Crippen LogP contribution in [0.3, 0.4) is 0 Å². The number of hydrogen-bond donors (Lipinski definition) is 1. The molecule has 1 heterocycles. The summed E-state index contributed by atoms with van der Waals surface area (Å²) in [5.74, 6) is 0. The summed E-state index contributed by atoms with van der Waals surface area (Å²) in [5, 5.41) is 11.9. The molecular formula is C14H16F3N3. The molecule has 3 nitrogen and oxygen atoms in total. The van der Waals surface area contributed by atoms with Gasteiger partial charge in [0, 0.05) is 24.8 Å². The minimum absolute atomic E-state index is 0.286. The average molecular weight is 283 g/mol. The SMILES string of the molecule is CNC1CCCN(c2ccc(C#N)c(C(F)(F)F)c2)C1. The Morgan fingerprint density at radius 3 is 2.75 bits per heavy atom. The molecule has 1 aromatic rings. The number of likely N-dealkylation sites (N-methyl/N-ethyl adjacent to an activating group) is 1. The van der Waals surface area contributed by atoms with Crippen LogP contribution in [-0.4, -0.2) is 26.2 Å². The lowest BCUT2D eigenvalue weighted by Crippen LogP contribution is -2.44. The molecule has 1 saturated heterocycles. The fraction of sp³-hybridized carbons (Fsp3) is 0.500. The van der Waals surface area contributed by atoms with Crippen LogP contribution in [0.2, 0.25) is 0 Å². The summed E-state index contributed by atoms with van der Waals surface area (Å²) in [6.45, 7) is 1.42. The molecule has 0 radical (unpaired) electrons. The number of halogens is 3. The van der Waals surface area contributed by atoms with Gasteiger partial charge in [0.25, 0.3) is 0 Å². The Balaban J connectivity index is 2.32. The Labute approximate surface area is 116 Å². The van der Waals surface area contributed by atoms with Crippen molar-refractivity contribution in [3.8, 4) is 6.07 Å². The zero-order chi connectivity index (χ0) is 14.8. The summed E-state index contributed by atoms with van der Waals surface area (Å²) in [6, 6.07) is 5.81. The molecule has 20 heavy (non-hydrogen) atoms. The number of nitrogens with zero attached hydrogens (tertiary/aromatic N) is 2. The predicted molar refractivity (Wildman–Crippen MR) is 70.5 cm³/mol. The lowest BCUT2D eigenvalue weighted by molar-refractivity contribution is -0.137. The zero-order valence-corrected chi connectivity index (χ0v) is 11.2. The number of nitriles is 1. The zero-order valence-electron chi connectivity index (χ0n) is 11.2. The number of anilines is 1. The maximum absolute atomic E-state index is 12.9. The Kier molecular flexibility index (Phi) is 4.19. The molecule has 1 fully saturated rings. The molecule has 1 N–H and O–H groups in total. The Bertz CT molecular complexity index is 519. The molecule has 1 atom stereocenters. The fourth-order valence-corrected chi connectivity index (χ4v) is 2.51. The molecule has 1 aromatic carbocycles. The first-order valence-corrected chi connectivity index (χ1v) is 6.49. The maximum atomic E-state index is 12.9. The molecule has 0 spiro atoms. The van der Waals surface area contributed by atoms with Gasteiger partial charge in [0.1, 0.15) is 0 Å². The molecule has 0 saturated carbocycles. The van der Waals surface area contributed by atoms with E-state index in [0.717, 1.165) is 25.5 Å². The predicted octanol–water partition coefficient (Wildman–Crippen LogP) is 2.77. The van der Waals surface area contributed by atoms with Crippen LogP contribution in [0.5, 0.6) is 0 Å². The van der Waals surface area contributed by atoms with Crippen molar-refractivity contribution in [1.29, 1.82) is 5.26 Å². The number of alkyl halides is 3. The summed E-state index contributed by atoms with van der Waals surface area (Å²) < 4.78 is 38.8. The van der Waals surface area contributed by atoms with Gasteiger partial charge in [-0.25, -0.2) is 0 Å². The van der Waals surface area contributed by atoms with E-state index in [1.165, 1.54) is 6.07 Å². The minimum Gasteiger partial charge on any atom is -0.370 e. The van der Waals surface area contributed by atoms with Crippen molar-refractivity contribution in [2.75, 3.05) is 25.0 Å². The van der Waals surface area contributed by atoms with Crippen LogP contribution in [0, 0.1) is 11.3 Å². The van der Waals surface area contributed by atoms with Gasteiger partial charge >= 0.3 is 6.18 Å². The number of benzene rings is 1. The molecule has 0 bridgehead atoms. The highest BCUT2D eigenvalue weighted by Crippen LogP contribution is 2.34. The van der Waals surface area contributed by atoms with E-state index >= 15 is 0 Å². The number of rotatable bonds is 2. The van der Waals surface area contributed by atoms with Crippen LogP contribution in [-0.2, 0) is 6.18 Å². The van der Waals surface area contributed by atoms with Crippen molar-refractivity contribution in [2.24, 2.45) is 0 Å². The molecule has 0 aromatic heterocycles. The van der Waals surface area contributed by atoms with Gasteiger partial charge in [0.05, 0.1) is 17.2 Å². The van der Waals surface area contributed by atoms with Crippen molar-refractivity contribution < 1.29 is 13.2 Å².